The lowest BCUT2D eigenvalue weighted by Gasteiger charge is -2.20. The lowest BCUT2D eigenvalue weighted by molar-refractivity contribution is 0.415. The average Bonchev–Trinajstić information content (AvgIpc) is 2.62. The van der Waals surface area contributed by atoms with Crippen LogP contribution in [0.15, 0.2) is 12.1 Å². The first-order chi connectivity index (χ1) is 8.70. The predicted octanol–water partition coefficient (Wildman–Crippen LogP) is 3.21. The van der Waals surface area contributed by atoms with Crippen LogP contribution in [0.1, 0.15) is 24.8 Å². The van der Waals surface area contributed by atoms with E-state index in [1.807, 2.05) is 13.0 Å². The molecular weight excluding hydrogens is 248 g/mol. The summed E-state index contributed by atoms with van der Waals surface area (Å²) in [5.41, 5.74) is 2.12. The molecule has 1 aromatic carbocycles. The Hall–Kier alpha value is -0.930. The van der Waals surface area contributed by atoms with Crippen molar-refractivity contribution >= 4 is 17.3 Å². The third-order valence-corrected chi connectivity index (χ3v) is 3.82. The molecule has 1 atom stereocenters. The molecule has 1 aliphatic heterocycles. The van der Waals surface area contributed by atoms with Gasteiger partial charge in [-0.05, 0) is 50.9 Å². The summed E-state index contributed by atoms with van der Waals surface area (Å²) in [6.45, 7) is 4.21. The van der Waals surface area contributed by atoms with Gasteiger partial charge in [0.05, 0.1) is 12.8 Å². The minimum absolute atomic E-state index is 0.509. The van der Waals surface area contributed by atoms with E-state index in [0.717, 1.165) is 41.5 Å². The summed E-state index contributed by atoms with van der Waals surface area (Å²) >= 11 is 6.12. The Kier molecular flexibility index (Phi) is 4.72. The largest absolute Gasteiger partial charge is 0.495 e. The monoisotopic (exact) mass is 268 g/mol. The fraction of sp³-hybridized carbons (Fsp3) is 0.571. The molecule has 0 aliphatic carbocycles. The molecular formula is C14H21ClN2O. The molecule has 2 N–H and O–H groups in total. The summed E-state index contributed by atoms with van der Waals surface area (Å²) in [6.07, 6.45) is 3.55. The second-order valence-corrected chi connectivity index (χ2v) is 5.23. The zero-order valence-corrected chi connectivity index (χ0v) is 11.8. The molecule has 1 fully saturated rings. The Bertz CT molecular complexity index is 401. The molecule has 0 saturated carbocycles. The third kappa shape index (κ3) is 3.30. The Balaban J connectivity index is 2.14. The maximum Gasteiger partial charge on any atom is 0.143 e. The van der Waals surface area contributed by atoms with E-state index in [0.29, 0.717) is 6.04 Å². The first-order valence-corrected chi connectivity index (χ1v) is 6.90. The summed E-state index contributed by atoms with van der Waals surface area (Å²) in [5, 5.41) is 7.75. The van der Waals surface area contributed by atoms with Crippen LogP contribution in [-0.4, -0.2) is 26.2 Å². The number of benzene rings is 1. The standard InChI is InChI=1S/C14H21ClN2O/c1-10-8-13(14(18-2)9-12(10)15)17-11-4-3-6-16-7-5-11/h8-9,11,16-17H,3-7H2,1-2H3. The van der Waals surface area contributed by atoms with E-state index < -0.39 is 0 Å². The molecule has 2 rings (SSSR count). The van der Waals surface area contributed by atoms with Crippen LogP contribution < -0.4 is 15.4 Å². The zero-order valence-electron chi connectivity index (χ0n) is 11.1. The average molecular weight is 269 g/mol. The first kappa shape index (κ1) is 13.5. The van der Waals surface area contributed by atoms with Gasteiger partial charge in [-0.2, -0.15) is 0 Å². The molecule has 3 nitrogen and oxygen atoms in total. The number of halogens is 1. The maximum absolute atomic E-state index is 6.12. The van der Waals surface area contributed by atoms with Crippen LogP contribution >= 0.6 is 11.6 Å². The quantitative estimate of drug-likeness (QED) is 0.883. The number of rotatable bonds is 3. The van der Waals surface area contributed by atoms with E-state index in [9.17, 15) is 0 Å². The lowest BCUT2D eigenvalue weighted by atomic mass is 10.1. The summed E-state index contributed by atoms with van der Waals surface area (Å²) < 4.78 is 5.39. The molecule has 100 valence electrons. The highest BCUT2D eigenvalue weighted by molar-refractivity contribution is 6.31. The van der Waals surface area contributed by atoms with Crippen LogP contribution in [0.3, 0.4) is 0 Å². The second-order valence-electron chi connectivity index (χ2n) is 4.82. The summed E-state index contributed by atoms with van der Waals surface area (Å²) in [7, 11) is 1.68. The predicted molar refractivity (Wildman–Crippen MR) is 76.9 cm³/mol. The molecule has 0 amide bonds. The number of aryl methyl sites for hydroxylation is 1. The van der Waals surface area contributed by atoms with Gasteiger partial charge in [0.25, 0.3) is 0 Å². The highest BCUT2D eigenvalue weighted by Gasteiger charge is 2.14. The number of hydrogen-bond acceptors (Lipinski definition) is 3. The molecule has 1 saturated heterocycles. The van der Waals surface area contributed by atoms with Crippen molar-refractivity contribution in [2.45, 2.75) is 32.2 Å². The SMILES string of the molecule is COc1cc(Cl)c(C)cc1NC1CCCNCC1. The Labute approximate surface area is 114 Å². The van der Waals surface area contributed by atoms with Gasteiger partial charge in [0.15, 0.2) is 0 Å². The van der Waals surface area contributed by atoms with E-state index >= 15 is 0 Å². The van der Waals surface area contributed by atoms with Crippen LogP contribution in [0, 0.1) is 6.92 Å². The minimum atomic E-state index is 0.509. The van der Waals surface area contributed by atoms with Crippen molar-refractivity contribution in [3.63, 3.8) is 0 Å². The molecule has 0 aromatic heterocycles. The van der Waals surface area contributed by atoms with E-state index in [1.54, 1.807) is 7.11 Å². The molecule has 0 spiro atoms. The molecule has 4 heteroatoms. The van der Waals surface area contributed by atoms with Gasteiger partial charge in [-0.3, -0.25) is 0 Å². The lowest BCUT2D eigenvalue weighted by Crippen LogP contribution is -2.21. The summed E-state index contributed by atoms with van der Waals surface area (Å²) in [6, 6.07) is 4.46. The van der Waals surface area contributed by atoms with Crippen molar-refractivity contribution in [2.75, 3.05) is 25.5 Å². The van der Waals surface area contributed by atoms with Gasteiger partial charge in [0.1, 0.15) is 5.75 Å². The van der Waals surface area contributed by atoms with Crippen LogP contribution in [0.25, 0.3) is 0 Å². The van der Waals surface area contributed by atoms with Gasteiger partial charge < -0.3 is 15.4 Å². The topological polar surface area (TPSA) is 33.3 Å². The van der Waals surface area contributed by atoms with Crippen molar-refractivity contribution in [1.82, 2.24) is 5.32 Å². The van der Waals surface area contributed by atoms with E-state index in [2.05, 4.69) is 16.7 Å². The van der Waals surface area contributed by atoms with E-state index in [4.69, 9.17) is 16.3 Å². The van der Waals surface area contributed by atoms with Gasteiger partial charge >= 0.3 is 0 Å². The normalized spacial score (nSPS) is 20.3. The number of nitrogens with one attached hydrogen (secondary N) is 2. The van der Waals surface area contributed by atoms with Gasteiger partial charge in [-0.15, -0.1) is 0 Å². The fourth-order valence-electron chi connectivity index (χ4n) is 2.33. The van der Waals surface area contributed by atoms with Gasteiger partial charge in [0.2, 0.25) is 0 Å². The smallest absolute Gasteiger partial charge is 0.143 e. The van der Waals surface area contributed by atoms with E-state index in [1.165, 1.54) is 12.8 Å². The Morgan fingerprint density at radius 3 is 2.94 bits per heavy atom. The van der Waals surface area contributed by atoms with Crippen molar-refractivity contribution in [3.05, 3.63) is 22.7 Å². The number of anilines is 1. The molecule has 1 aliphatic rings. The van der Waals surface area contributed by atoms with Crippen molar-refractivity contribution < 1.29 is 4.74 Å². The molecule has 1 heterocycles. The van der Waals surface area contributed by atoms with E-state index in [-0.39, 0.29) is 0 Å². The highest BCUT2D eigenvalue weighted by atomic mass is 35.5. The summed E-state index contributed by atoms with van der Waals surface area (Å²) in [4.78, 5) is 0. The third-order valence-electron chi connectivity index (χ3n) is 3.42. The minimum Gasteiger partial charge on any atom is -0.495 e. The molecule has 0 bridgehead atoms. The fourth-order valence-corrected chi connectivity index (χ4v) is 2.48. The Morgan fingerprint density at radius 1 is 1.33 bits per heavy atom. The zero-order chi connectivity index (χ0) is 13.0. The number of hydrogen-bond donors (Lipinski definition) is 2. The maximum atomic E-state index is 6.12. The molecule has 1 aromatic rings. The highest BCUT2D eigenvalue weighted by Crippen LogP contribution is 2.32. The number of methoxy groups -OCH3 is 1. The van der Waals surface area contributed by atoms with Crippen molar-refractivity contribution in [1.29, 1.82) is 0 Å². The van der Waals surface area contributed by atoms with Crippen molar-refractivity contribution in [3.8, 4) is 5.75 Å². The number of ether oxygens (including phenoxy) is 1. The molecule has 0 radical (unpaired) electrons. The molecule has 1 unspecified atom stereocenters. The van der Waals surface area contributed by atoms with Crippen LogP contribution in [0.2, 0.25) is 5.02 Å². The summed E-state index contributed by atoms with van der Waals surface area (Å²) in [5.74, 6) is 0.822. The van der Waals surface area contributed by atoms with Crippen LogP contribution in [0.4, 0.5) is 5.69 Å². The van der Waals surface area contributed by atoms with Crippen molar-refractivity contribution in [2.24, 2.45) is 0 Å². The van der Waals surface area contributed by atoms with Gasteiger partial charge in [-0.1, -0.05) is 11.6 Å². The Morgan fingerprint density at radius 2 is 2.17 bits per heavy atom. The first-order valence-electron chi connectivity index (χ1n) is 6.52. The van der Waals surface area contributed by atoms with Gasteiger partial charge in [-0.25, -0.2) is 0 Å². The van der Waals surface area contributed by atoms with Crippen LogP contribution in [0.5, 0.6) is 5.75 Å². The van der Waals surface area contributed by atoms with Gasteiger partial charge in [0, 0.05) is 17.1 Å². The van der Waals surface area contributed by atoms with Crippen LogP contribution in [-0.2, 0) is 0 Å². The second kappa shape index (κ2) is 6.30. The molecule has 18 heavy (non-hydrogen) atoms.